The van der Waals surface area contributed by atoms with E-state index in [4.69, 9.17) is 9.47 Å². The molecule has 0 radical (unpaired) electrons. The summed E-state index contributed by atoms with van der Waals surface area (Å²) in [6.45, 7) is 1.04. The summed E-state index contributed by atoms with van der Waals surface area (Å²) in [5.41, 5.74) is 1.62. The van der Waals surface area contributed by atoms with Crippen molar-refractivity contribution >= 4 is 0 Å². The van der Waals surface area contributed by atoms with E-state index in [9.17, 15) is 4.39 Å². The number of halogens is 1. The molecular weight excluding hydrogens is 257 g/mol. The first-order chi connectivity index (χ1) is 9.74. The molecule has 2 rings (SSSR count). The van der Waals surface area contributed by atoms with Gasteiger partial charge in [-0.3, -0.25) is 0 Å². The fraction of sp³-hybridized carbons (Fsp3) is 0.250. The lowest BCUT2D eigenvalue weighted by atomic mass is 10.1. The van der Waals surface area contributed by atoms with Gasteiger partial charge in [0.2, 0.25) is 0 Å². The fourth-order valence-electron chi connectivity index (χ4n) is 1.99. The molecule has 0 saturated carbocycles. The van der Waals surface area contributed by atoms with E-state index < -0.39 is 0 Å². The number of methoxy groups -OCH3 is 2. The molecule has 20 heavy (non-hydrogen) atoms. The van der Waals surface area contributed by atoms with Crippen LogP contribution in [-0.2, 0) is 13.1 Å². The van der Waals surface area contributed by atoms with Crippen molar-refractivity contribution in [3.63, 3.8) is 0 Å². The normalized spacial score (nSPS) is 10.3. The van der Waals surface area contributed by atoms with Gasteiger partial charge in [0.25, 0.3) is 0 Å². The average Bonchev–Trinajstić information content (AvgIpc) is 2.49. The molecule has 0 unspecified atom stereocenters. The second-order valence-corrected chi connectivity index (χ2v) is 4.37. The Labute approximate surface area is 118 Å². The van der Waals surface area contributed by atoms with Gasteiger partial charge in [-0.15, -0.1) is 0 Å². The number of rotatable bonds is 6. The molecule has 0 atom stereocenters. The minimum absolute atomic E-state index is 0.197. The second kappa shape index (κ2) is 6.91. The van der Waals surface area contributed by atoms with E-state index in [0.29, 0.717) is 18.7 Å². The molecule has 0 aliphatic carbocycles. The van der Waals surface area contributed by atoms with E-state index in [0.717, 1.165) is 17.1 Å². The Bertz CT molecular complexity index is 572. The standard InChI is InChI=1S/C16H18FNO2/c1-19-14-7-8-16(20-2)13(9-14)11-18-10-12-5-3-4-6-15(12)17/h3-9,18H,10-11H2,1-2H3. The Morgan fingerprint density at radius 2 is 1.70 bits per heavy atom. The molecule has 0 aromatic heterocycles. The second-order valence-electron chi connectivity index (χ2n) is 4.37. The summed E-state index contributed by atoms with van der Waals surface area (Å²) in [6.07, 6.45) is 0. The molecular formula is C16H18FNO2. The first-order valence-electron chi connectivity index (χ1n) is 6.39. The summed E-state index contributed by atoms with van der Waals surface area (Å²) in [4.78, 5) is 0. The highest BCUT2D eigenvalue weighted by molar-refractivity contribution is 5.40. The molecule has 0 fully saturated rings. The molecule has 106 valence electrons. The highest BCUT2D eigenvalue weighted by Gasteiger charge is 2.05. The van der Waals surface area contributed by atoms with Crippen LogP contribution < -0.4 is 14.8 Å². The van der Waals surface area contributed by atoms with Crippen molar-refractivity contribution in [2.45, 2.75) is 13.1 Å². The summed E-state index contributed by atoms with van der Waals surface area (Å²) < 4.78 is 24.0. The molecule has 4 heteroatoms. The maximum Gasteiger partial charge on any atom is 0.127 e. The minimum atomic E-state index is -0.197. The van der Waals surface area contributed by atoms with Crippen LogP contribution in [0.15, 0.2) is 42.5 Å². The number of ether oxygens (including phenoxy) is 2. The van der Waals surface area contributed by atoms with E-state index >= 15 is 0 Å². The van der Waals surface area contributed by atoms with Crippen molar-refractivity contribution in [3.05, 3.63) is 59.4 Å². The first kappa shape index (κ1) is 14.3. The van der Waals surface area contributed by atoms with Gasteiger partial charge in [0.1, 0.15) is 17.3 Å². The van der Waals surface area contributed by atoms with E-state index in [1.54, 1.807) is 26.4 Å². The summed E-state index contributed by atoms with van der Waals surface area (Å²) >= 11 is 0. The molecule has 2 aromatic rings. The Balaban J connectivity index is 2.02. The molecule has 0 saturated heterocycles. The predicted octanol–water partition coefficient (Wildman–Crippen LogP) is 3.13. The summed E-state index contributed by atoms with van der Waals surface area (Å²) in [5, 5.41) is 3.21. The molecule has 0 amide bonds. The van der Waals surface area contributed by atoms with Crippen LogP contribution in [0.4, 0.5) is 4.39 Å². The number of nitrogens with one attached hydrogen (secondary N) is 1. The third-order valence-electron chi connectivity index (χ3n) is 3.08. The Morgan fingerprint density at radius 1 is 0.950 bits per heavy atom. The third kappa shape index (κ3) is 3.48. The Hall–Kier alpha value is -2.07. The zero-order valence-corrected chi connectivity index (χ0v) is 11.7. The van der Waals surface area contributed by atoms with Crippen molar-refractivity contribution in [1.82, 2.24) is 5.32 Å². The lowest BCUT2D eigenvalue weighted by molar-refractivity contribution is 0.397. The van der Waals surface area contributed by atoms with Crippen LogP contribution in [0.3, 0.4) is 0 Å². The van der Waals surface area contributed by atoms with Crippen LogP contribution >= 0.6 is 0 Å². The van der Waals surface area contributed by atoms with Gasteiger partial charge < -0.3 is 14.8 Å². The molecule has 0 spiro atoms. The smallest absolute Gasteiger partial charge is 0.127 e. The maximum absolute atomic E-state index is 13.5. The van der Waals surface area contributed by atoms with Gasteiger partial charge in [0.05, 0.1) is 14.2 Å². The van der Waals surface area contributed by atoms with Gasteiger partial charge in [-0.1, -0.05) is 18.2 Å². The highest BCUT2D eigenvalue weighted by Crippen LogP contribution is 2.23. The average molecular weight is 275 g/mol. The van der Waals surface area contributed by atoms with Crippen molar-refractivity contribution < 1.29 is 13.9 Å². The topological polar surface area (TPSA) is 30.5 Å². The number of hydrogen-bond donors (Lipinski definition) is 1. The van der Waals surface area contributed by atoms with Gasteiger partial charge >= 0.3 is 0 Å². The molecule has 2 aromatic carbocycles. The van der Waals surface area contributed by atoms with Crippen molar-refractivity contribution in [2.24, 2.45) is 0 Å². The van der Waals surface area contributed by atoms with Gasteiger partial charge in [0.15, 0.2) is 0 Å². The molecule has 0 aliphatic rings. The van der Waals surface area contributed by atoms with E-state index in [1.807, 2.05) is 24.3 Å². The molecule has 1 N–H and O–H groups in total. The van der Waals surface area contributed by atoms with Crippen LogP contribution in [0, 0.1) is 5.82 Å². The van der Waals surface area contributed by atoms with E-state index in [1.165, 1.54) is 6.07 Å². The zero-order valence-electron chi connectivity index (χ0n) is 11.7. The molecule has 3 nitrogen and oxygen atoms in total. The van der Waals surface area contributed by atoms with Crippen LogP contribution in [0.1, 0.15) is 11.1 Å². The largest absolute Gasteiger partial charge is 0.497 e. The molecule has 0 aliphatic heterocycles. The zero-order chi connectivity index (χ0) is 14.4. The maximum atomic E-state index is 13.5. The summed E-state index contributed by atoms with van der Waals surface area (Å²) in [5.74, 6) is 1.36. The minimum Gasteiger partial charge on any atom is -0.497 e. The SMILES string of the molecule is COc1ccc(OC)c(CNCc2ccccc2F)c1. The van der Waals surface area contributed by atoms with E-state index in [-0.39, 0.29) is 5.82 Å². The van der Waals surface area contributed by atoms with Crippen LogP contribution in [-0.4, -0.2) is 14.2 Å². The monoisotopic (exact) mass is 275 g/mol. The molecule has 0 bridgehead atoms. The summed E-state index contributed by atoms with van der Waals surface area (Å²) in [6, 6.07) is 12.4. The van der Waals surface area contributed by atoms with Gasteiger partial charge in [-0.25, -0.2) is 4.39 Å². The van der Waals surface area contributed by atoms with E-state index in [2.05, 4.69) is 5.32 Å². The van der Waals surface area contributed by atoms with Crippen molar-refractivity contribution in [3.8, 4) is 11.5 Å². The van der Waals surface area contributed by atoms with Gasteiger partial charge in [-0.05, 0) is 24.3 Å². The van der Waals surface area contributed by atoms with Crippen LogP contribution in [0.5, 0.6) is 11.5 Å². The van der Waals surface area contributed by atoms with Crippen LogP contribution in [0.2, 0.25) is 0 Å². The quantitative estimate of drug-likeness (QED) is 0.878. The highest BCUT2D eigenvalue weighted by atomic mass is 19.1. The molecule has 0 heterocycles. The van der Waals surface area contributed by atoms with Crippen LogP contribution in [0.25, 0.3) is 0 Å². The lowest BCUT2D eigenvalue weighted by Crippen LogP contribution is -2.14. The van der Waals surface area contributed by atoms with Crippen molar-refractivity contribution in [1.29, 1.82) is 0 Å². The van der Waals surface area contributed by atoms with Gasteiger partial charge in [-0.2, -0.15) is 0 Å². The number of hydrogen-bond acceptors (Lipinski definition) is 3. The van der Waals surface area contributed by atoms with Crippen molar-refractivity contribution in [2.75, 3.05) is 14.2 Å². The fourth-order valence-corrected chi connectivity index (χ4v) is 1.99. The Kier molecular flexibility index (Phi) is 4.96. The Morgan fingerprint density at radius 3 is 2.40 bits per heavy atom. The number of benzene rings is 2. The predicted molar refractivity (Wildman–Crippen MR) is 76.5 cm³/mol. The lowest BCUT2D eigenvalue weighted by Gasteiger charge is -2.11. The first-order valence-corrected chi connectivity index (χ1v) is 6.39. The van der Waals surface area contributed by atoms with Gasteiger partial charge in [0, 0.05) is 24.2 Å². The third-order valence-corrected chi connectivity index (χ3v) is 3.08. The summed E-state index contributed by atoms with van der Waals surface area (Å²) in [7, 11) is 3.25.